The summed E-state index contributed by atoms with van der Waals surface area (Å²) in [6.07, 6.45) is 1.22. The number of hydrogen-bond donors (Lipinski definition) is 2. The second-order valence-corrected chi connectivity index (χ2v) is 5.62. The molecule has 3 N–H and O–H groups in total. The van der Waals surface area contributed by atoms with Gasteiger partial charge in [-0.2, -0.15) is 0 Å². The molecular weight excluding hydrogens is 321 g/mol. The van der Waals surface area contributed by atoms with Crippen LogP contribution in [-0.4, -0.2) is 56.8 Å². The monoisotopic (exact) mass is 344 g/mol. The lowest BCUT2D eigenvalue weighted by molar-refractivity contribution is 0.0377. The highest BCUT2D eigenvalue weighted by molar-refractivity contribution is 5.77. The molecule has 1 aromatic carbocycles. The van der Waals surface area contributed by atoms with E-state index in [0.29, 0.717) is 31.0 Å². The van der Waals surface area contributed by atoms with Crippen molar-refractivity contribution in [3.63, 3.8) is 0 Å². The molecule has 0 atom stereocenters. The van der Waals surface area contributed by atoms with Gasteiger partial charge in [0.15, 0.2) is 23.4 Å². The highest BCUT2D eigenvalue weighted by atomic mass is 19.2. The van der Waals surface area contributed by atoms with Gasteiger partial charge in [0.25, 0.3) is 0 Å². The fourth-order valence-electron chi connectivity index (χ4n) is 2.46. The zero-order chi connectivity index (χ0) is 17.4. The van der Waals surface area contributed by atoms with Crippen molar-refractivity contribution in [3.8, 4) is 0 Å². The van der Waals surface area contributed by atoms with E-state index in [9.17, 15) is 13.2 Å². The first-order valence-corrected chi connectivity index (χ1v) is 8.03. The number of nitrogens with zero attached hydrogens (tertiary/aromatic N) is 2. The van der Waals surface area contributed by atoms with Crippen molar-refractivity contribution < 1.29 is 17.9 Å². The summed E-state index contributed by atoms with van der Waals surface area (Å²) in [6, 6.07) is 1.96. The fraction of sp³-hybridized carbons (Fsp3) is 0.562. The third-order valence-corrected chi connectivity index (χ3v) is 3.78. The van der Waals surface area contributed by atoms with Crippen LogP contribution < -0.4 is 11.1 Å². The molecule has 134 valence electrons. The molecule has 1 fully saturated rings. The van der Waals surface area contributed by atoms with E-state index >= 15 is 0 Å². The van der Waals surface area contributed by atoms with E-state index in [1.807, 2.05) is 0 Å². The summed E-state index contributed by atoms with van der Waals surface area (Å²) >= 11 is 0. The first-order valence-electron chi connectivity index (χ1n) is 8.03. The second-order valence-electron chi connectivity index (χ2n) is 5.62. The maximum Gasteiger partial charge on any atom is 0.194 e. The third kappa shape index (κ3) is 6.01. The minimum absolute atomic E-state index is 0.292. The van der Waals surface area contributed by atoms with Crippen LogP contribution in [0.1, 0.15) is 12.0 Å². The number of hydrogen-bond acceptors (Lipinski definition) is 3. The maximum atomic E-state index is 13.1. The van der Waals surface area contributed by atoms with Crippen molar-refractivity contribution in [2.75, 3.05) is 45.9 Å². The standard InChI is InChI=1S/C16H23F3N4O/c17-13-10-12(11-14(18)15(13)19)2-4-22-16(20)21-3-1-5-23-6-8-24-9-7-23/h10-11H,1-9H2,(H3,20,21,22). The van der Waals surface area contributed by atoms with Crippen molar-refractivity contribution in [2.24, 2.45) is 10.7 Å². The molecule has 1 heterocycles. The molecule has 0 aromatic heterocycles. The van der Waals surface area contributed by atoms with Gasteiger partial charge >= 0.3 is 0 Å². The topological polar surface area (TPSA) is 62.9 Å². The van der Waals surface area contributed by atoms with Crippen molar-refractivity contribution in [1.82, 2.24) is 10.2 Å². The number of benzene rings is 1. The van der Waals surface area contributed by atoms with Crippen LogP contribution in [0, 0.1) is 17.5 Å². The Hall–Kier alpha value is -1.80. The number of aliphatic imine (C=N–C) groups is 1. The average Bonchev–Trinajstić information content (AvgIpc) is 2.57. The van der Waals surface area contributed by atoms with Gasteiger partial charge in [-0.3, -0.25) is 9.89 Å². The minimum atomic E-state index is -1.45. The number of guanidine groups is 1. The van der Waals surface area contributed by atoms with Crippen molar-refractivity contribution in [2.45, 2.75) is 12.8 Å². The first kappa shape index (κ1) is 18.5. The largest absolute Gasteiger partial charge is 0.379 e. The first-order chi connectivity index (χ1) is 11.6. The van der Waals surface area contributed by atoms with Gasteiger partial charge in [0.2, 0.25) is 0 Å². The molecule has 2 rings (SSSR count). The number of halogens is 3. The van der Waals surface area contributed by atoms with Crippen LogP contribution in [0.2, 0.25) is 0 Å². The molecule has 0 saturated carbocycles. The Morgan fingerprint density at radius 3 is 2.54 bits per heavy atom. The number of rotatable bonds is 7. The van der Waals surface area contributed by atoms with Crippen molar-refractivity contribution in [3.05, 3.63) is 35.1 Å². The lowest BCUT2D eigenvalue weighted by Gasteiger charge is -2.26. The number of nitrogens with one attached hydrogen (secondary N) is 1. The lowest BCUT2D eigenvalue weighted by Crippen LogP contribution is -2.37. The number of morpholine rings is 1. The summed E-state index contributed by atoms with van der Waals surface area (Å²) in [7, 11) is 0. The van der Waals surface area contributed by atoms with Gasteiger partial charge in [-0.1, -0.05) is 0 Å². The van der Waals surface area contributed by atoms with Crippen LogP contribution >= 0.6 is 0 Å². The fourth-order valence-corrected chi connectivity index (χ4v) is 2.46. The van der Waals surface area contributed by atoms with Gasteiger partial charge in [0, 0.05) is 32.7 Å². The SMILES string of the molecule is NC(=NCCCN1CCOCC1)NCCc1cc(F)c(F)c(F)c1. The van der Waals surface area contributed by atoms with E-state index in [4.69, 9.17) is 10.5 Å². The highest BCUT2D eigenvalue weighted by Gasteiger charge is 2.10. The predicted molar refractivity (Wildman–Crippen MR) is 86.4 cm³/mol. The van der Waals surface area contributed by atoms with Crippen LogP contribution in [0.5, 0.6) is 0 Å². The molecule has 1 aliphatic rings. The van der Waals surface area contributed by atoms with E-state index in [1.54, 1.807) is 0 Å². The Balaban J connectivity index is 1.64. The van der Waals surface area contributed by atoms with E-state index in [-0.39, 0.29) is 0 Å². The van der Waals surface area contributed by atoms with Crippen LogP contribution in [-0.2, 0) is 11.2 Å². The van der Waals surface area contributed by atoms with Gasteiger partial charge in [-0.05, 0) is 30.5 Å². The quantitative estimate of drug-likeness (QED) is 0.338. The van der Waals surface area contributed by atoms with E-state index in [0.717, 1.165) is 51.4 Å². The predicted octanol–water partition coefficient (Wildman–Crippen LogP) is 1.27. The molecule has 1 aromatic rings. The zero-order valence-electron chi connectivity index (χ0n) is 13.5. The molecule has 0 radical (unpaired) electrons. The molecular formula is C16H23F3N4O. The van der Waals surface area contributed by atoms with Crippen LogP contribution in [0.25, 0.3) is 0 Å². The maximum absolute atomic E-state index is 13.1. The normalized spacial score (nSPS) is 16.4. The van der Waals surface area contributed by atoms with Crippen molar-refractivity contribution >= 4 is 5.96 Å². The van der Waals surface area contributed by atoms with E-state index in [1.165, 1.54) is 0 Å². The molecule has 0 bridgehead atoms. The molecule has 0 unspecified atom stereocenters. The van der Waals surface area contributed by atoms with Crippen LogP contribution in [0.3, 0.4) is 0 Å². The van der Waals surface area contributed by atoms with Crippen LogP contribution in [0.15, 0.2) is 17.1 Å². The van der Waals surface area contributed by atoms with Gasteiger partial charge in [0.05, 0.1) is 13.2 Å². The second kappa shape index (κ2) is 9.48. The third-order valence-electron chi connectivity index (χ3n) is 3.78. The van der Waals surface area contributed by atoms with E-state index < -0.39 is 17.5 Å². The summed E-state index contributed by atoms with van der Waals surface area (Å²) in [5, 5.41) is 2.88. The van der Waals surface area contributed by atoms with E-state index in [2.05, 4.69) is 15.2 Å². The number of ether oxygens (including phenoxy) is 1. The molecule has 1 saturated heterocycles. The molecule has 1 aliphatic heterocycles. The van der Waals surface area contributed by atoms with Gasteiger partial charge < -0.3 is 15.8 Å². The number of nitrogens with two attached hydrogens (primary N) is 1. The molecule has 5 nitrogen and oxygen atoms in total. The van der Waals surface area contributed by atoms with Crippen LogP contribution in [0.4, 0.5) is 13.2 Å². The zero-order valence-corrected chi connectivity index (χ0v) is 13.5. The molecule has 0 spiro atoms. The van der Waals surface area contributed by atoms with Gasteiger partial charge in [-0.15, -0.1) is 0 Å². The minimum Gasteiger partial charge on any atom is -0.379 e. The summed E-state index contributed by atoms with van der Waals surface area (Å²) in [5.74, 6) is -3.53. The molecule has 8 heteroatoms. The average molecular weight is 344 g/mol. The summed E-state index contributed by atoms with van der Waals surface area (Å²) in [6.45, 7) is 5.37. The Kier molecular flexibility index (Phi) is 7.33. The lowest BCUT2D eigenvalue weighted by atomic mass is 10.1. The van der Waals surface area contributed by atoms with Gasteiger partial charge in [-0.25, -0.2) is 13.2 Å². The highest BCUT2D eigenvalue weighted by Crippen LogP contribution is 2.13. The molecule has 0 aliphatic carbocycles. The van der Waals surface area contributed by atoms with Crippen molar-refractivity contribution in [1.29, 1.82) is 0 Å². The molecule has 0 amide bonds. The Morgan fingerprint density at radius 2 is 1.88 bits per heavy atom. The Morgan fingerprint density at radius 1 is 1.21 bits per heavy atom. The summed E-state index contributed by atoms with van der Waals surface area (Å²) in [4.78, 5) is 6.53. The Bertz CT molecular complexity index is 539. The summed E-state index contributed by atoms with van der Waals surface area (Å²) in [5.41, 5.74) is 6.10. The smallest absolute Gasteiger partial charge is 0.194 e. The van der Waals surface area contributed by atoms with Gasteiger partial charge in [0.1, 0.15) is 0 Å². The summed E-state index contributed by atoms with van der Waals surface area (Å²) < 4.78 is 44.3. The molecule has 24 heavy (non-hydrogen) atoms. The Labute approximate surface area is 139 Å².